The van der Waals surface area contributed by atoms with Crippen molar-refractivity contribution in [2.45, 2.75) is 6.54 Å². The number of hydrogen-bond acceptors (Lipinski definition) is 3. The second-order valence-electron chi connectivity index (χ2n) is 4.63. The van der Waals surface area contributed by atoms with Crippen molar-refractivity contribution in [3.05, 3.63) is 78.4 Å². The van der Waals surface area contributed by atoms with Gasteiger partial charge in [0.2, 0.25) is 0 Å². The van der Waals surface area contributed by atoms with Gasteiger partial charge in [-0.3, -0.25) is 4.98 Å². The average molecular weight is 279 g/mol. The summed E-state index contributed by atoms with van der Waals surface area (Å²) in [6, 6.07) is 16.1. The third-order valence-corrected chi connectivity index (χ3v) is 3.09. The summed E-state index contributed by atoms with van der Waals surface area (Å²) in [6.07, 6.45) is 3.48. The third-order valence-electron chi connectivity index (χ3n) is 3.09. The van der Waals surface area contributed by atoms with Crippen LogP contribution in [0.2, 0.25) is 0 Å². The summed E-state index contributed by atoms with van der Waals surface area (Å²) < 4.78 is 13.1. The summed E-state index contributed by atoms with van der Waals surface area (Å²) in [6.45, 7) is 0.532. The molecule has 3 aromatic rings. The zero-order chi connectivity index (χ0) is 14.5. The van der Waals surface area contributed by atoms with E-state index in [-0.39, 0.29) is 5.82 Å². The number of rotatable bonds is 4. The summed E-state index contributed by atoms with van der Waals surface area (Å²) in [5.41, 5.74) is 2.77. The van der Waals surface area contributed by atoms with Crippen molar-refractivity contribution < 1.29 is 4.39 Å². The van der Waals surface area contributed by atoms with Crippen LogP contribution in [0.3, 0.4) is 0 Å². The lowest BCUT2D eigenvalue weighted by molar-refractivity contribution is 0.626. The Kier molecular flexibility index (Phi) is 3.87. The molecular formula is C17H14FN3. The summed E-state index contributed by atoms with van der Waals surface area (Å²) in [5, 5.41) is 3.20. The SMILES string of the molecule is Fc1cccc(CNc2cccc(-c3ccncc3)n2)c1. The quantitative estimate of drug-likeness (QED) is 0.787. The zero-order valence-electron chi connectivity index (χ0n) is 11.3. The maximum Gasteiger partial charge on any atom is 0.126 e. The molecule has 1 aromatic carbocycles. The Morgan fingerprint density at radius 3 is 2.57 bits per heavy atom. The van der Waals surface area contributed by atoms with Gasteiger partial charge in [0.05, 0.1) is 5.69 Å². The Morgan fingerprint density at radius 2 is 1.76 bits per heavy atom. The van der Waals surface area contributed by atoms with Gasteiger partial charge in [-0.05, 0) is 42.0 Å². The van der Waals surface area contributed by atoms with Gasteiger partial charge in [0, 0.05) is 24.5 Å². The first kappa shape index (κ1) is 13.2. The Balaban J connectivity index is 1.75. The van der Waals surface area contributed by atoms with Crippen molar-refractivity contribution in [1.82, 2.24) is 9.97 Å². The van der Waals surface area contributed by atoms with Gasteiger partial charge in [0.25, 0.3) is 0 Å². The lowest BCUT2D eigenvalue weighted by Crippen LogP contribution is -2.02. The van der Waals surface area contributed by atoms with Crippen LogP contribution in [0.5, 0.6) is 0 Å². The van der Waals surface area contributed by atoms with Crippen LogP contribution in [0.15, 0.2) is 67.0 Å². The van der Waals surface area contributed by atoms with Gasteiger partial charge in [-0.15, -0.1) is 0 Å². The summed E-state index contributed by atoms with van der Waals surface area (Å²) >= 11 is 0. The minimum Gasteiger partial charge on any atom is -0.366 e. The first-order chi connectivity index (χ1) is 10.3. The van der Waals surface area contributed by atoms with E-state index in [9.17, 15) is 4.39 Å². The van der Waals surface area contributed by atoms with E-state index in [1.54, 1.807) is 18.5 Å². The molecule has 0 spiro atoms. The normalized spacial score (nSPS) is 10.3. The molecule has 0 saturated heterocycles. The van der Waals surface area contributed by atoms with Crippen molar-refractivity contribution in [2.75, 3.05) is 5.32 Å². The molecule has 1 N–H and O–H groups in total. The molecular weight excluding hydrogens is 265 g/mol. The first-order valence-corrected chi connectivity index (χ1v) is 6.67. The molecule has 2 aromatic heterocycles. The predicted octanol–water partition coefficient (Wildman–Crippen LogP) is 3.89. The topological polar surface area (TPSA) is 37.8 Å². The number of nitrogens with one attached hydrogen (secondary N) is 1. The van der Waals surface area contributed by atoms with Crippen LogP contribution in [0.1, 0.15) is 5.56 Å². The lowest BCUT2D eigenvalue weighted by atomic mass is 10.2. The van der Waals surface area contributed by atoms with Gasteiger partial charge >= 0.3 is 0 Å². The highest BCUT2D eigenvalue weighted by atomic mass is 19.1. The fraction of sp³-hybridized carbons (Fsp3) is 0.0588. The van der Waals surface area contributed by atoms with Gasteiger partial charge in [0.15, 0.2) is 0 Å². The fourth-order valence-corrected chi connectivity index (χ4v) is 2.06. The van der Waals surface area contributed by atoms with E-state index in [0.717, 1.165) is 22.6 Å². The summed E-state index contributed by atoms with van der Waals surface area (Å²) in [7, 11) is 0. The second kappa shape index (κ2) is 6.13. The molecule has 0 aliphatic rings. The minimum absolute atomic E-state index is 0.229. The molecule has 3 nitrogen and oxygen atoms in total. The minimum atomic E-state index is -0.229. The number of anilines is 1. The number of pyridine rings is 2. The number of aromatic nitrogens is 2. The van der Waals surface area contributed by atoms with Crippen molar-refractivity contribution in [2.24, 2.45) is 0 Å². The van der Waals surface area contributed by atoms with Crippen molar-refractivity contribution in [3.8, 4) is 11.3 Å². The van der Waals surface area contributed by atoms with Crippen molar-refractivity contribution in [1.29, 1.82) is 0 Å². The van der Waals surface area contributed by atoms with E-state index in [4.69, 9.17) is 0 Å². The molecule has 0 aliphatic carbocycles. The molecule has 0 unspecified atom stereocenters. The van der Waals surface area contributed by atoms with Gasteiger partial charge in [-0.25, -0.2) is 9.37 Å². The maximum absolute atomic E-state index is 13.1. The summed E-state index contributed by atoms with van der Waals surface area (Å²) in [5.74, 6) is 0.529. The largest absolute Gasteiger partial charge is 0.366 e. The molecule has 0 aliphatic heterocycles. The van der Waals surface area contributed by atoms with Gasteiger partial charge < -0.3 is 5.32 Å². The summed E-state index contributed by atoms with van der Waals surface area (Å²) in [4.78, 5) is 8.55. The van der Waals surface area contributed by atoms with E-state index in [0.29, 0.717) is 6.54 Å². The third kappa shape index (κ3) is 3.42. The van der Waals surface area contributed by atoms with Crippen LogP contribution >= 0.6 is 0 Å². The maximum atomic E-state index is 13.1. The van der Waals surface area contributed by atoms with E-state index in [1.165, 1.54) is 12.1 Å². The molecule has 2 heterocycles. The highest BCUT2D eigenvalue weighted by Crippen LogP contribution is 2.18. The van der Waals surface area contributed by atoms with E-state index in [2.05, 4.69) is 15.3 Å². The molecule has 0 amide bonds. The Labute approximate surface area is 122 Å². The lowest BCUT2D eigenvalue weighted by Gasteiger charge is -2.08. The van der Waals surface area contributed by atoms with E-state index < -0.39 is 0 Å². The monoisotopic (exact) mass is 279 g/mol. The molecule has 3 rings (SSSR count). The highest BCUT2D eigenvalue weighted by Gasteiger charge is 2.01. The Hall–Kier alpha value is -2.75. The average Bonchev–Trinajstić information content (AvgIpc) is 2.54. The first-order valence-electron chi connectivity index (χ1n) is 6.67. The van der Waals surface area contributed by atoms with Gasteiger partial charge in [0.1, 0.15) is 11.6 Å². The number of benzene rings is 1. The molecule has 0 bridgehead atoms. The van der Waals surface area contributed by atoms with Crippen LogP contribution in [0.25, 0.3) is 11.3 Å². The van der Waals surface area contributed by atoms with Crippen LogP contribution in [0.4, 0.5) is 10.2 Å². The van der Waals surface area contributed by atoms with Crippen LogP contribution in [-0.4, -0.2) is 9.97 Å². The molecule has 0 radical (unpaired) electrons. The molecule has 104 valence electrons. The zero-order valence-corrected chi connectivity index (χ0v) is 11.3. The molecule has 4 heteroatoms. The standard InChI is InChI=1S/C17H14FN3/c18-15-4-1-3-13(11-15)12-20-17-6-2-5-16(21-17)14-7-9-19-10-8-14/h1-11H,12H2,(H,20,21). The predicted molar refractivity (Wildman–Crippen MR) is 81.2 cm³/mol. The molecule has 0 atom stereocenters. The molecule has 21 heavy (non-hydrogen) atoms. The van der Waals surface area contributed by atoms with Gasteiger partial charge in [-0.2, -0.15) is 0 Å². The fourth-order valence-electron chi connectivity index (χ4n) is 2.06. The van der Waals surface area contributed by atoms with Crippen molar-refractivity contribution >= 4 is 5.82 Å². The smallest absolute Gasteiger partial charge is 0.126 e. The van der Waals surface area contributed by atoms with Gasteiger partial charge in [-0.1, -0.05) is 18.2 Å². The van der Waals surface area contributed by atoms with Crippen LogP contribution in [-0.2, 0) is 6.54 Å². The Morgan fingerprint density at radius 1 is 0.952 bits per heavy atom. The van der Waals surface area contributed by atoms with Crippen molar-refractivity contribution in [3.63, 3.8) is 0 Å². The molecule has 0 saturated carbocycles. The second-order valence-corrected chi connectivity index (χ2v) is 4.63. The van der Waals surface area contributed by atoms with Crippen LogP contribution < -0.4 is 5.32 Å². The molecule has 0 fully saturated rings. The number of halogens is 1. The highest BCUT2D eigenvalue weighted by molar-refractivity contribution is 5.60. The van der Waals surface area contributed by atoms with Crippen LogP contribution in [0, 0.1) is 5.82 Å². The van der Waals surface area contributed by atoms with E-state index >= 15 is 0 Å². The Bertz CT molecular complexity index is 729. The number of hydrogen-bond donors (Lipinski definition) is 1. The number of nitrogens with zero attached hydrogens (tertiary/aromatic N) is 2. The van der Waals surface area contributed by atoms with E-state index in [1.807, 2.05) is 36.4 Å².